The molecule has 1 saturated heterocycles. The summed E-state index contributed by atoms with van der Waals surface area (Å²) in [4.78, 5) is 24.1. The number of ether oxygens (including phenoxy) is 1. The first kappa shape index (κ1) is 12.8. The fourth-order valence-corrected chi connectivity index (χ4v) is 1.85. The van der Waals surface area contributed by atoms with Gasteiger partial charge in [0.1, 0.15) is 11.6 Å². The number of hydrogen-bond acceptors (Lipinski definition) is 3. The number of aliphatic carboxylic acids is 1. The van der Waals surface area contributed by atoms with E-state index in [1.54, 1.807) is 20.8 Å². The van der Waals surface area contributed by atoms with E-state index in [1.807, 2.05) is 6.92 Å². The first-order chi connectivity index (χ1) is 7.22. The Bertz CT molecular complexity index is 295. The summed E-state index contributed by atoms with van der Waals surface area (Å²) in [6, 6.07) is -0.819. The summed E-state index contributed by atoms with van der Waals surface area (Å²) in [5, 5.41) is 9.00. The Hall–Kier alpha value is -1.26. The van der Waals surface area contributed by atoms with E-state index in [-0.39, 0.29) is 6.04 Å². The summed E-state index contributed by atoms with van der Waals surface area (Å²) in [5.41, 5.74) is -0.595. The molecule has 0 aromatic heterocycles. The minimum absolute atomic E-state index is 0.0732. The van der Waals surface area contributed by atoms with Gasteiger partial charge in [0.25, 0.3) is 0 Å². The zero-order valence-corrected chi connectivity index (χ0v) is 10.2. The molecule has 1 amide bonds. The molecule has 1 heterocycles. The Morgan fingerprint density at radius 3 is 2.31 bits per heavy atom. The fourth-order valence-electron chi connectivity index (χ4n) is 1.85. The summed E-state index contributed by atoms with van der Waals surface area (Å²) >= 11 is 0. The highest BCUT2D eigenvalue weighted by atomic mass is 16.6. The second-order valence-electron chi connectivity index (χ2n) is 5.17. The van der Waals surface area contributed by atoms with Gasteiger partial charge in [0.15, 0.2) is 0 Å². The second-order valence-corrected chi connectivity index (χ2v) is 5.17. The predicted octanol–water partition coefficient (Wildman–Crippen LogP) is 1.86. The molecule has 0 spiro atoms. The second kappa shape index (κ2) is 4.31. The fraction of sp³-hybridized carbons (Fsp3) is 0.818. The van der Waals surface area contributed by atoms with E-state index in [0.717, 1.165) is 0 Å². The number of nitrogens with zero attached hydrogens (tertiary/aromatic N) is 1. The maximum atomic E-state index is 11.8. The number of rotatable bonds is 1. The SMILES string of the molecule is C[C@@H]1CCC(C(=O)O)N1C(=O)OC(C)(C)C. The monoisotopic (exact) mass is 229 g/mol. The van der Waals surface area contributed by atoms with Crippen molar-refractivity contribution < 1.29 is 19.4 Å². The Balaban J connectivity index is 2.76. The Morgan fingerprint density at radius 2 is 1.88 bits per heavy atom. The van der Waals surface area contributed by atoms with Crippen LogP contribution in [0.25, 0.3) is 0 Å². The van der Waals surface area contributed by atoms with Gasteiger partial charge >= 0.3 is 12.1 Å². The first-order valence-electron chi connectivity index (χ1n) is 5.46. The highest BCUT2D eigenvalue weighted by Gasteiger charge is 2.40. The molecule has 1 aliphatic rings. The molecule has 0 aromatic carbocycles. The highest BCUT2D eigenvalue weighted by Crippen LogP contribution is 2.26. The van der Waals surface area contributed by atoms with Crippen molar-refractivity contribution in [2.75, 3.05) is 0 Å². The van der Waals surface area contributed by atoms with Crippen LogP contribution in [0.15, 0.2) is 0 Å². The van der Waals surface area contributed by atoms with E-state index < -0.39 is 23.7 Å². The molecule has 1 fully saturated rings. The summed E-state index contributed by atoms with van der Waals surface area (Å²) in [7, 11) is 0. The number of amides is 1. The van der Waals surface area contributed by atoms with Crippen LogP contribution in [0.1, 0.15) is 40.5 Å². The Kier molecular flexibility index (Phi) is 3.45. The van der Waals surface area contributed by atoms with Crippen molar-refractivity contribution in [2.24, 2.45) is 0 Å². The van der Waals surface area contributed by atoms with E-state index in [4.69, 9.17) is 9.84 Å². The van der Waals surface area contributed by atoms with Gasteiger partial charge in [-0.05, 0) is 40.5 Å². The third-order valence-electron chi connectivity index (χ3n) is 2.56. The third-order valence-corrected chi connectivity index (χ3v) is 2.56. The maximum absolute atomic E-state index is 11.8. The standard InChI is InChI=1S/C11H19NO4/c1-7-5-6-8(9(13)14)12(7)10(15)16-11(2,3)4/h7-8H,5-6H2,1-4H3,(H,13,14)/t7-,8?/m1/s1. The average Bonchev–Trinajstić information content (AvgIpc) is 2.43. The topological polar surface area (TPSA) is 66.8 Å². The third kappa shape index (κ3) is 2.87. The van der Waals surface area contributed by atoms with Crippen molar-refractivity contribution >= 4 is 12.1 Å². The molecule has 0 aromatic rings. The number of carbonyl (C=O) groups excluding carboxylic acids is 1. The van der Waals surface area contributed by atoms with E-state index >= 15 is 0 Å². The number of hydrogen-bond donors (Lipinski definition) is 1. The van der Waals surface area contributed by atoms with Gasteiger partial charge in [0.2, 0.25) is 0 Å². The largest absolute Gasteiger partial charge is 0.480 e. The first-order valence-corrected chi connectivity index (χ1v) is 5.46. The molecular formula is C11H19NO4. The van der Waals surface area contributed by atoms with Gasteiger partial charge in [0, 0.05) is 6.04 Å². The van der Waals surface area contributed by atoms with Crippen LogP contribution in [0, 0.1) is 0 Å². The molecule has 0 saturated carbocycles. The van der Waals surface area contributed by atoms with Crippen LogP contribution in [0.4, 0.5) is 4.79 Å². The zero-order valence-electron chi connectivity index (χ0n) is 10.2. The molecule has 1 aliphatic heterocycles. The highest BCUT2D eigenvalue weighted by molar-refractivity contribution is 5.81. The minimum atomic E-state index is -0.963. The average molecular weight is 229 g/mol. The molecule has 1 unspecified atom stereocenters. The van der Waals surface area contributed by atoms with E-state index in [2.05, 4.69) is 0 Å². The van der Waals surface area contributed by atoms with E-state index in [9.17, 15) is 9.59 Å². The Labute approximate surface area is 95.4 Å². The molecule has 92 valence electrons. The molecule has 5 heteroatoms. The van der Waals surface area contributed by atoms with Gasteiger partial charge in [-0.2, -0.15) is 0 Å². The molecule has 1 rings (SSSR count). The van der Waals surface area contributed by atoms with Crippen molar-refractivity contribution in [3.63, 3.8) is 0 Å². The Morgan fingerprint density at radius 1 is 1.31 bits per heavy atom. The van der Waals surface area contributed by atoms with Crippen LogP contribution >= 0.6 is 0 Å². The van der Waals surface area contributed by atoms with Gasteiger partial charge in [0.05, 0.1) is 0 Å². The molecular weight excluding hydrogens is 210 g/mol. The lowest BCUT2D eigenvalue weighted by Gasteiger charge is -2.29. The summed E-state index contributed by atoms with van der Waals surface area (Å²) in [6.07, 6.45) is 0.663. The van der Waals surface area contributed by atoms with Crippen molar-refractivity contribution in [2.45, 2.75) is 58.2 Å². The van der Waals surface area contributed by atoms with Crippen LogP contribution in [0.5, 0.6) is 0 Å². The molecule has 1 N–H and O–H groups in total. The summed E-state index contributed by atoms with van der Waals surface area (Å²) < 4.78 is 5.20. The van der Waals surface area contributed by atoms with E-state index in [1.165, 1.54) is 4.90 Å². The molecule has 5 nitrogen and oxygen atoms in total. The number of likely N-dealkylation sites (tertiary alicyclic amines) is 1. The van der Waals surface area contributed by atoms with E-state index in [0.29, 0.717) is 12.8 Å². The van der Waals surface area contributed by atoms with Gasteiger partial charge in [-0.15, -0.1) is 0 Å². The minimum Gasteiger partial charge on any atom is -0.480 e. The molecule has 16 heavy (non-hydrogen) atoms. The van der Waals surface area contributed by atoms with Crippen LogP contribution in [-0.2, 0) is 9.53 Å². The summed E-state index contributed by atoms with van der Waals surface area (Å²) in [6.45, 7) is 7.14. The number of carboxylic acid groups (broad SMARTS) is 1. The smallest absolute Gasteiger partial charge is 0.411 e. The van der Waals surface area contributed by atoms with Crippen LogP contribution < -0.4 is 0 Å². The van der Waals surface area contributed by atoms with Crippen molar-refractivity contribution in [3.05, 3.63) is 0 Å². The normalized spacial score (nSPS) is 25.6. The lowest BCUT2D eigenvalue weighted by atomic mass is 10.2. The quantitative estimate of drug-likeness (QED) is 0.745. The lowest BCUT2D eigenvalue weighted by molar-refractivity contribution is -0.142. The molecule has 0 bridgehead atoms. The van der Waals surface area contributed by atoms with Crippen molar-refractivity contribution in [1.82, 2.24) is 4.90 Å². The van der Waals surface area contributed by atoms with Crippen molar-refractivity contribution in [3.8, 4) is 0 Å². The predicted molar refractivity (Wildman–Crippen MR) is 58.2 cm³/mol. The molecule has 2 atom stereocenters. The van der Waals surface area contributed by atoms with Gasteiger partial charge in [-0.3, -0.25) is 4.90 Å². The van der Waals surface area contributed by atoms with Crippen LogP contribution in [0.3, 0.4) is 0 Å². The number of carboxylic acids is 1. The summed E-state index contributed by atoms with van der Waals surface area (Å²) in [5.74, 6) is -0.963. The van der Waals surface area contributed by atoms with Crippen LogP contribution in [0.2, 0.25) is 0 Å². The maximum Gasteiger partial charge on any atom is 0.411 e. The number of carbonyl (C=O) groups is 2. The molecule has 0 aliphatic carbocycles. The lowest BCUT2D eigenvalue weighted by Crippen LogP contribution is -2.46. The molecule has 0 radical (unpaired) electrons. The van der Waals surface area contributed by atoms with Crippen molar-refractivity contribution in [1.29, 1.82) is 0 Å². The van der Waals surface area contributed by atoms with Gasteiger partial charge in [-0.25, -0.2) is 9.59 Å². The van der Waals surface area contributed by atoms with Gasteiger partial charge in [-0.1, -0.05) is 0 Å². The van der Waals surface area contributed by atoms with Crippen LogP contribution in [-0.4, -0.2) is 39.8 Å². The van der Waals surface area contributed by atoms with Gasteiger partial charge < -0.3 is 9.84 Å². The zero-order chi connectivity index (χ0) is 12.5.